The lowest BCUT2D eigenvalue weighted by molar-refractivity contribution is -0.113. The van der Waals surface area contributed by atoms with E-state index >= 15 is 0 Å². The zero-order valence-electron chi connectivity index (χ0n) is 12.0. The van der Waals surface area contributed by atoms with Crippen LogP contribution in [0.3, 0.4) is 0 Å². The summed E-state index contributed by atoms with van der Waals surface area (Å²) >= 11 is 1.75. The summed E-state index contributed by atoms with van der Waals surface area (Å²) in [7, 11) is 3.18. The van der Waals surface area contributed by atoms with E-state index in [1.165, 1.54) is 25.7 Å². The Bertz CT molecular complexity index is 458. The number of methoxy groups -OCH3 is 2. The van der Waals surface area contributed by atoms with Crippen LogP contribution < -0.4 is 14.8 Å². The maximum absolute atomic E-state index is 12.0. The van der Waals surface area contributed by atoms with E-state index < -0.39 is 0 Å². The average Bonchev–Trinajstić information content (AvgIpc) is 2.99. The molecule has 1 aliphatic rings. The zero-order chi connectivity index (χ0) is 14.4. The first-order valence-corrected chi connectivity index (χ1v) is 7.91. The van der Waals surface area contributed by atoms with E-state index in [4.69, 9.17) is 9.47 Å². The van der Waals surface area contributed by atoms with Crippen molar-refractivity contribution in [3.8, 4) is 11.5 Å². The highest BCUT2D eigenvalue weighted by Gasteiger charge is 2.17. The van der Waals surface area contributed by atoms with Gasteiger partial charge in [0, 0.05) is 11.3 Å². The molecule has 20 heavy (non-hydrogen) atoms. The molecular weight excluding hydrogens is 274 g/mol. The monoisotopic (exact) mass is 295 g/mol. The summed E-state index contributed by atoms with van der Waals surface area (Å²) in [6.45, 7) is 0. The molecule has 4 nitrogen and oxygen atoms in total. The molecule has 1 aliphatic carbocycles. The van der Waals surface area contributed by atoms with Crippen molar-refractivity contribution in [3.63, 3.8) is 0 Å². The number of rotatable bonds is 6. The minimum absolute atomic E-state index is 0.0189. The number of anilines is 1. The third-order valence-corrected chi connectivity index (χ3v) is 4.81. The molecule has 2 rings (SSSR count). The van der Waals surface area contributed by atoms with Gasteiger partial charge >= 0.3 is 0 Å². The Morgan fingerprint density at radius 3 is 2.70 bits per heavy atom. The minimum atomic E-state index is 0.0189. The van der Waals surface area contributed by atoms with Gasteiger partial charge in [0.2, 0.25) is 5.91 Å². The Balaban J connectivity index is 1.89. The van der Waals surface area contributed by atoms with Gasteiger partial charge in [-0.1, -0.05) is 12.8 Å². The van der Waals surface area contributed by atoms with Gasteiger partial charge in [-0.05, 0) is 25.0 Å². The number of nitrogens with one attached hydrogen (secondary N) is 1. The number of carbonyl (C=O) groups is 1. The number of carbonyl (C=O) groups excluding carboxylic acids is 1. The van der Waals surface area contributed by atoms with Gasteiger partial charge in [-0.2, -0.15) is 0 Å². The highest BCUT2D eigenvalue weighted by atomic mass is 32.2. The molecule has 0 bridgehead atoms. The van der Waals surface area contributed by atoms with Gasteiger partial charge in [0.25, 0.3) is 0 Å². The molecule has 1 aromatic carbocycles. The number of hydrogen-bond acceptors (Lipinski definition) is 4. The fraction of sp³-hybridized carbons (Fsp3) is 0.533. The second-order valence-electron chi connectivity index (χ2n) is 4.83. The predicted octanol–water partition coefficient (Wildman–Crippen LogP) is 3.32. The predicted molar refractivity (Wildman–Crippen MR) is 82.9 cm³/mol. The van der Waals surface area contributed by atoms with Crippen molar-refractivity contribution >= 4 is 23.4 Å². The molecule has 0 spiro atoms. The van der Waals surface area contributed by atoms with Gasteiger partial charge in [-0.25, -0.2) is 0 Å². The third-order valence-electron chi connectivity index (χ3n) is 3.44. The van der Waals surface area contributed by atoms with Crippen LogP contribution in [0.2, 0.25) is 0 Å². The summed E-state index contributed by atoms with van der Waals surface area (Å²) in [4.78, 5) is 12.0. The third kappa shape index (κ3) is 4.07. The fourth-order valence-electron chi connectivity index (χ4n) is 2.34. The van der Waals surface area contributed by atoms with Gasteiger partial charge < -0.3 is 14.8 Å². The van der Waals surface area contributed by atoms with E-state index in [0.29, 0.717) is 28.2 Å². The standard InChI is InChI=1S/C15H21NO3S/c1-18-11-7-8-13(14(9-11)19-2)16-15(17)10-20-12-5-3-4-6-12/h7-9,12H,3-6,10H2,1-2H3,(H,16,17). The number of ether oxygens (including phenoxy) is 2. The second kappa shape index (κ2) is 7.43. The van der Waals surface area contributed by atoms with E-state index in [1.54, 1.807) is 38.1 Å². The Hall–Kier alpha value is -1.36. The van der Waals surface area contributed by atoms with Crippen molar-refractivity contribution < 1.29 is 14.3 Å². The molecule has 0 radical (unpaired) electrons. The maximum atomic E-state index is 12.0. The molecule has 0 unspecified atom stereocenters. The molecule has 1 amide bonds. The van der Waals surface area contributed by atoms with E-state index in [2.05, 4.69) is 5.32 Å². The van der Waals surface area contributed by atoms with Crippen molar-refractivity contribution in [1.29, 1.82) is 0 Å². The minimum Gasteiger partial charge on any atom is -0.497 e. The average molecular weight is 295 g/mol. The van der Waals surface area contributed by atoms with Crippen LogP contribution in [0.25, 0.3) is 0 Å². The van der Waals surface area contributed by atoms with Crippen LogP contribution in [0.5, 0.6) is 11.5 Å². The van der Waals surface area contributed by atoms with E-state index in [1.807, 2.05) is 6.07 Å². The number of benzene rings is 1. The molecule has 0 aliphatic heterocycles. The highest BCUT2D eigenvalue weighted by molar-refractivity contribution is 8.00. The molecule has 1 saturated carbocycles. The molecule has 0 saturated heterocycles. The largest absolute Gasteiger partial charge is 0.497 e. The van der Waals surface area contributed by atoms with Crippen LogP contribution in [0, 0.1) is 0 Å². The molecule has 1 fully saturated rings. The number of hydrogen-bond donors (Lipinski definition) is 1. The Labute approximate surface area is 124 Å². The van der Waals surface area contributed by atoms with E-state index in [-0.39, 0.29) is 5.91 Å². The van der Waals surface area contributed by atoms with Gasteiger partial charge in [-0.3, -0.25) is 4.79 Å². The molecule has 1 aromatic rings. The van der Waals surface area contributed by atoms with Crippen LogP contribution in [0.15, 0.2) is 18.2 Å². The van der Waals surface area contributed by atoms with Gasteiger partial charge in [0.15, 0.2) is 0 Å². The Morgan fingerprint density at radius 1 is 1.30 bits per heavy atom. The topological polar surface area (TPSA) is 47.6 Å². The molecule has 110 valence electrons. The van der Waals surface area contributed by atoms with Gasteiger partial charge in [0.1, 0.15) is 11.5 Å². The molecular formula is C15H21NO3S. The molecule has 0 heterocycles. The maximum Gasteiger partial charge on any atom is 0.234 e. The van der Waals surface area contributed by atoms with Crippen molar-refractivity contribution in [2.45, 2.75) is 30.9 Å². The number of thioether (sulfide) groups is 1. The smallest absolute Gasteiger partial charge is 0.234 e. The van der Waals surface area contributed by atoms with Crippen molar-refractivity contribution in [2.24, 2.45) is 0 Å². The summed E-state index contributed by atoms with van der Waals surface area (Å²) < 4.78 is 10.4. The summed E-state index contributed by atoms with van der Waals surface area (Å²) in [6.07, 6.45) is 5.07. The molecule has 1 N–H and O–H groups in total. The quantitative estimate of drug-likeness (QED) is 0.874. The van der Waals surface area contributed by atoms with Crippen LogP contribution in [-0.4, -0.2) is 31.1 Å². The summed E-state index contributed by atoms with van der Waals surface area (Å²) in [5, 5.41) is 3.55. The fourth-order valence-corrected chi connectivity index (χ4v) is 3.46. The Morgan fingerprint density at radius 2 is 2.05 bits per heavy atom. The van der Waals surface area contributed by atoms with Crippen LogP contribution >= 0.6 is 11.8 Å². The van der Waals surface area contributed by atoms with Crippen LogP contribution in [-0.2, 0) is 4.79 Å². The lowest BCUT2D eigenvalue weighted by Gasteiger charge is -2.12. The van der Waals surface area contributed by atoms with Gasteiger partial charge in [-0.15, -0.1) is 11.8 Å². The van der Waals surface area contributed by atoms with Gasteiger partial charge in [0.05, 0.1) is 25.7 Å². The number of amides is 1. The van der Waals surface area contributed by atoms with Crippen molar-refractivity contribution in [2.75, 3.05) is 25.3 Å². The lowest BCUT2D eigenvalue weighted by Crippen LogP contribution is -2.16. The van der Waals surface area contributed by atoms with E-state index in [0.717, 1.165) is 0 Å². The van der Waals surface area contributed by atoms with Crippen molar-refractivity contribution in [1.82, 2.24) is 0 Å². The SMILES string of the molecule is COc1ccc(NC(=O)CSC2CCCC2)c(OC)c1. The molecule has 0 atom stereocenters. The first-order chi connectivity index (χ1) is 9.72. The summed E-state index contributed by atoms with van der Waals surface area (Å²) in [6, 6.07) is 5.37. The Kier molecular flexibility index (Phi) is 5.59. The van der Waals surface area contributed by atoms with E-state index in [9.17, 15) is 4.79 Å². The first-order valence-electron chi connectivity index (χ1n) is 6.86. The van der Waals surface area contributed by atoms with Crippen molar-refractivity contribution in [3.05, 3.63) is 18.2 Å². The van der Waals surface area contributed by atoms with Crippen LogP contribution in [0.4, 0.5) is 5.69 Å². The summed E-state index contributed by atoms with van der Waals surface area (Å²) in [5.41, 5.74) is 0.685. The zero-order valence-corrected chi connectivity index (χ0v) is 12.8. The first kappa shape index (κ1) is 15.0. The second-order valence-corrected chi connectivity index (χ2v) is 6.12. The normalized spacial score (nSPS) is 15.1. The van der Waals surface area contributed by atoms with Crippen LogP contribution in [0.1, 0.15) is 25.7 Å². The highest BCUT2D eigenvalue weighted by Crippen LogP contribution is 2.31. The lowest BCUT2D eigenvalue weighted by atomic mass is 10.2. The molecule has 0 aromatic heterocycles. The summed E-state index contributed by atoms with van der Waals surface area (Å²) in [5.74, 6) is 1.84. The molecule has 5 heteroatoms.